The third kappa shape index (κ3) is 4.56. The second kappa shape index (κ2) is 9.08. The Balaban J connectivity index is 1.36. The summed E-state index contributed by atoms with van der Waals surface area (Å²) in [5, 5.41) is 1.82. The van der Waals surface area contributed by atoms with Crippen LogP contribution in [0.1, 0.15) is 22.6 Å². The van der Waals surface area contributed by atoms with Crippen LogP contribution in [-0.4, -0.2) is 9.97 Å². The predicted octanol–water partition coefficient (Wildman–Crippen LogP) is 7.04. The van der Waals surface area contributed by atoms with Gasteiger partial charge in [-0.1, -0.05) is 60.1 Å². The average Bonchev–Trinajstić information content (AvgIpc) is 3.37. The molecule has 0 aliphatic rings. The van der Waals surface area contributed by atoms with Crippen molar-refractivity contribution < 1.29 is 9.15 Å². The van der Waals surface area contributed by atoms with Gasteiger partial charge in [0.05, 0.1) is 17.4 Å². The molecular weight excluding hydrogens is 420 g/mol. The first-order valence-corrected chi connectivity index (χ1v) is 10.6. The molecule has 0 saturated heterocycles. The summed E-state index contributed by atoms with van der Waals surface area (Å²) in [5.74, 6) is 1.46. The van der Waals surface area contributed by atoms with Crippen molar-refractivity contribution in [1.82, 2.24) is 9.97 Å². The van der Waals surface area contributed by atoms with E-state index in [1.165, 1.54) is 6.39 Å². The molecule has 4 nitrogen and oxygen atoms in total. The van der Waals surface area contributed by atoms with Gasteiger partial charge in [0.1, 0.15) is 12.4 Å². The maximum atomic E-state index is 6.02. The number of hydrogen-bond donors (Lipinski definition) is 0. The van der Waals surface area contributed by atoms with Crippen LogP contribution in [0.4, 0.5) is 0 Å². The largest absolute Gasteiger partial charge is 0.487 e. The quantitative estimate of drug-likeness (QED) is 0.267. The van der Waals surface area contributed by atoms with Crippen molar-refractivity contribution in [3.05, 3.63) is 125 Å². The lowest BCUT2D eigenvalue weighted by molar-refractivity contribution is 0.302. The van der Waals surface area contributed by atoms with Crippen molar-refractivity contribution in [3.63, 3.8) is 0 Å². The van der Waals surface area contributed by atoms with Crippen LogP contribution in [0, 0.1) is 0 Å². The monoisotopic (exact) mass is 438 g/mol. The molecule has 0 amide bonds. The molecule has 0 N–H and O–H groups in total. The zero-order valence-electron chi connectivity index (χ0n) is 17.1. The van der Waals surface area contributed by atoms with Crippen molar-refractivity contribution in [2.24, 2.45) is 0 Å². The lowest BCUT2D eigenvalue weighted by Crippen LogP contribution is -1.98. The molecule has 2 aromatic heterocycles. The number of rotatable bonds is 6. The van der Waals surface area contributed by atoms with Gasteiger partial charge in [0, 0.05) is 16.0 Å². The van der Waals surface area contributed by atoms with Crippen LogP contribution in [0.3, 0.4) is 0 Å². The molecule has 5 aromatic rings. The number of benzene rings is 3. The standard InChI is InChI=1S/C27H19ClN2O2/c28-22-10-5-19(6-11-22)15-25(27-16-29-18-32-27)20-8-13-24(14-9-20)31-17-23-12-7-21-3-1-2-4-26(21)30-23/h1-16,18H,17H2/b25-15+. The molecule has 0 fully saturated rings. The normalized spacial score (nSPS) is 11.6. The number of aromatic nitrogens is 2. The third-order valence-electron chi connectivity index (χ3n) is 5.09. The fraction of sp³-hybridized carbons (Fsp3) is 0.0370. The van der Waals surface area contributed by atoms with Crippen molar-refractivity contribution in [2.45, 2.75) is 6.61 Å². The van der Waals surface area contributed by atoms with Crippen LogP contribution in [0.25, 0.3) is 22.6 Å². The first-order chi connectivity index (χ1) is 15.7. The summed E-state index contributed by atoms with van der Waals surface area (Å²) in [5.41, 5.74) is 4.79. The van der Waals surface area contributed by atoms with Gasteiger partial charge in [-0.3, -0.25) is 0 Å². The maximum absolute atomic E-state index is 6.02. The first-order valence-electron chi connectivity index (χ1n) is 10.2. The van der Waals surface area contributed by atoms with Crippen LogP contribution < -0.4 is 4.74 Å². The van der Waals surface area contributed by atoms with E-state index in [9.17, 15) is 0 Å². The number of ether oxygens (including phenoxy) is 1. The second-order valence-electron chi connectivity index (χ2n) is 7.28. The summed E-state index contributed by atoms with van der Waals surface area (Å²) in [7, 11) is 0. The number of nitrogens with zero attached hydrogens (tertiary/aromatic N) is 2. The maximum Gasteiger partial charge on any atom is 0.181 e. The highest BCUT2D eigenvalue weighted by Crippen LogP contribution is 2.28. The molecule has 0 radical (unpaired) electrons. The molecule has 156 valence electrons. The molecule has 0 unspecified atom stereocenters. The summed E-state index contributed by atoms with van der Waals surface area (Å²) >= 11 is 6.02. The van der Waals surface area contributed by atoms with Gasteiger partial charge in [0.25, 0.3) is 0 Å². The number of pyridine rings is 1. The van der Waals surface area contributed by atoms with Gasteiger partial charge in [0.15, 0.2) is 12.2 Å². The van der Waals surface area contributed by atoms with Gasteiger partial charge >= 0.3 is 0 Å². The second-order valence-corrected chi connectivity index (χ2v) is 7.72. The zero-order chi connectivity index (χ0) is 21.8. The van der Waals surface area contributed by atoms with E-state index in [1.54, 1.807) is 6.20 Å². The van der Waals surface area contributed by atoms with Crippen LogP contribution in [0.15, 0.2) is 102 Å². The van der Waals surface area contributed by atoms with Gasteiger partial charge in [-0.05, 0) is 53.6 Å². The van der Waals surface area contributed by atoms with Crippen molar-refractivity contribution in [2.75, 3.05) is 0 Å². The zero-order valence-corrected chi connectivity index (χ0v) is 17.9. The summed E-state index contributed by atoms with van der Waals surface area (Å²) in [6, 6.07) is 27.7. The Morgan fingerprint density at radius 1 is 0.906 bits per heavy atom. The lowest BCUT2D eigenvalue weighted by Gasteiger charge is -2.09. The van der Waals surface area contributed by atoms with Crippen LogP contribution >= 0.6 is 11.6 Å². The third-order valence-corrected chi connectivity index (χ3v) is 5.34. The number of fused-ring (bicyclic) bond motifs is 1. The molecule has 0 spiro atoms. The highest BCUT2D eigenvalue weighted by Gasteiger charge is 2.10. The Bertz CT molecular complexity index is 1360. The Labute approximate surface area is 190 Å². The van der Waals surface area contributed by atoms with Crippen molar-refractivity contribution in [3.8, 4) is 5.75 Å². The highest BCUT2D eigenvalue weighted by atomic mass is 35.5. The minimum Gasteiger partial charge on any atom is -0.487 e. The molecule has 5 rings (SSSR count). The predicted molar refractivity (Wildman–Crippen MR) is 127 cm³/mol. The number of hydrogen-bond acceptors (Lipinski definition) is 4. The van der Waals surface area contributed by atoms with Gasteiger partial charge in [-0.2, -0.15) is 0 Å². The molecule has 0 aliphatic heterocycles. The molecule has 0 aliphatic carbocycles. The first kappa shape index (κ1) is 20.0. The van der Waals surface area contributed by atoms with E-state index in [2.05, 4.69) is 22.1 Å². The topological polar surface area (TPSA) is 48.2 Å². The molecule has 0 bridgehead atoms. The van der Waals surface area contributed by atoms with E-state index in [0.29, 0.717) is 17.4 Å². The minimum atomic E-state index is 0.403. The van der Waals surface area contributed by atoms with E-state index in [0.717, 1.165) is 39.0 Å². The van der Waals surface area contributed by atoms with Crippen molar-refractivity contribution in [1.29, 1.82) is 0 Å². The highest BCUT2D eigenvalue weighted by molar-refractivity contribution is 6.30. The molecule has 3 aromatic carbocycles. The van der Waals surface area contributed by atoms with Crippen LogP contribution in [0.5, 0.6) is 5.75 Å². The fourth-order valence-electron chi connectivity index (χ4n) is 3.45. The van der Waals surface area contributed by atoms with Gasteiger partial charge in [-0.15, -0.1) is 0 Å². The summed E-state index contributed by atoms with van der Waals surface area (Å²) < 4.78 is 11.5. The molecule has 5 heteroatoms. The van der Waals surface area contributed by atoms with E-state index >= 15 is 0 Å². The number of oxazole rings is 1. The van der Waals surface area contributed by atoms with E-state index in [1.807, 2.05) is 78.9 Å². The molecular formula is C27H19ClN2O2. The summed E-state index contributed by atoms with van der Waals surface area (Å²) in [4.78, 5) is 8.73. The SMILES string of the molecule is Clc1ccc(/C=C(\c2ccc(OCc3ccc4ccccc4n3)cc2)c2cnco2)cc1. The Kier molecular flexibility index (Phi) is 5.69. The van der Waals surface area contributed by atoms with Gasteiger partial charge < -0.3 is 9.15 Å². The Morgan fingerprint density at radius 2 is 1.72 bits per heavy atom. The van der Waals surface area contributed by atoms with Crippen molar-refractivity contribution >= 4 is 34.2 Å². The molecule has 0 saturated carbocycles. The van der Waals surface area contributed by atoms with E-state index < -0.39 is 0 Å². The average molecular weight is 439 g/mol. The van der Waals surface area contributed by atoms with Crippen LogP contribution in [-0.2, 0) is 6.61 Å². The summed E-state index contributed by atoms with van der Waals surface area (Å²) in [6.07, 6.45) is 5.18. The minimum absolute atomic E-state index is 0.403. The lowest BCUT2D eigenvalue weighted by atomic mass is 10.0. The summed E-state index contributed by atoms with van der Waals surface area (Å²) in [6.45, 7) is 0.403. The molecule has 0 atom stereocenters. The molecule has 32 heavy (non-hydrogen) atoms. The molecule has 2 heterocycles. The van der Waals surface area contributed by atoms with Gasteiger partial charge in [0.2, 0.25) is 0 Å². The Morgan fingerprint density at radius 3 is 2.50 bits per heavy atom. The number of halogens is 1. The van der Waals surface area contributed by atoms with Gasteiger partial charge in [-0.25, -0.2) is 9.97 Å². The Hall–Kier alpha value is -3.89. The van der Waals surface area contributed by atoms with E-state index in [4.69, 9.17) is 20.8 Å². The number of para-hydroxylation sites is 1. The fourth-order valence-corrected chi connectivity index (χ4v) is 3.57. The van der Waals surface area contributed by atoms with Crippen LogP contribution in [0.2, 0.25) is 5.02 Å². The van der Waals surface area contributed by atoms with E-state index in [-0.39, 0.29) is 0 Å². The smallest absolute Gasteiger partial charge is 0.181 e.